The molecule has 104 valence electrons. The third-order valence-electron chi connectivity index (χ3n) is 2.62. The molecule has 19 heavy (non-hydrogen) atoms. The molecule has 0 heterocycles. The van der Waals surface area contributed by atoms with Gasteiger partial charge in [-0.15, -0.1) is 0 Å². The fraction of sp³-hybridized carbons (Fsp3) is 0.429. The number of ether oxygens (including phenoxy) is 1. The lowest BCUT2D eigenvalue weighted by atomic mass is 9.94. The Labute approximate surface area is 112 Å². The van der Waals surface area contributed by atoms with Crippen molar-refractivity contribution in [3.63, 3.8) is 0 Å². The third kappa shape index (κ3) is 3.98. The monoisotopic (exact) mass is 265 g/mol. The number of nitrogens with one attached hydrogen (secondary N) is 1. The molecular weight excluding hydrogens is 246 g/mol. The van der Waals surface area contributed by atoms with E-state index in [9.17, 15) is 14.7 Å². The second kappa shape index (κ2) is 5.73. The van der Waals surface area contributed by atoms with Gasteiger partial charge < -0.3 is 15.2 Å². The summed E-state index contributed by atoms with van der Waals surface area (Å²) in [4.78, 5) is 23.7. The summed E-state index contributed by atoms with van der Waals surface area (Å²) in [6.45, 7) is 5.27. The van der Waals surface area contributed by atoms with Gasteiger partial charge in [0.2, 0.25) is 5.91 Å². The Morgan fingerprint density at radius 2 is 1.74 bits per heavy atom. The average Bonchev–Trinajstić information content (AvgIpc) is 2.35. The van der Waals surface area contributed by atoms with E-state index in [2.05, 4.69) is 5.32 Å². The van der Waals surface area contributed by atoms with Crippen LogP contribution in [-0.2, 0) is 14.3 Å². The minimum atomic E-state index is -0.877. The second-order valence-electron chi connectivity index (χ2n) is 5.27. The number of aromatic hydroxyl groups is 1. The summed E-state index contributed by atoms with van der Waals surface area (Å²) in [7, 11) is 1.26. The molecule has 0 unspecified atom stereocenters. The predicted octanol–water partition coefficient (Wildman–Crippen LogP) is 1.77. The largest absolute Gasteiger partial charge is 0.508 e. The van der Waals surface area contributed by atoms with Crippen molar-refractivity contribution >= 4 is 11.9 Å². The minimum Gasteiger partial charge on any atom is -0.508 e. The van der Waals surface area contributed by atoms with Crippen molar-refractivity contribution < 1.29 is 19.4 Å². The van der Waals surface area contributed by atoms with Gasteiger partial charge >= 0.3 is 5.97 Å². The molecule has 1 aromatic rings. The highest BCUT2D eigenvalue weighted by molar-refractivity contribution is 5.88. The van der Waals surface area contributed by atoms with E-state index in [0.717, 1.165) is 0 Å². The van der Waals surface area contributed by atoms with E-state index in [0.29, 0.717) is 5.56 Å². The third-order valence-corrected chi connectivity index (χ3v) is 2.62. The Bertz CT molecular complexity index is 459. The number of hydrogen-bond donors (Lipinski definition) is 2. The van der Waals surface area contributed by atoms with E-state index < -0.39 is 17.4 Å². The van der Waals surface area contributed by atoms with Gasteiger partial charge in [-0.2, -0.15) is 0 Å². The summed E-state index contributed by atoms with van der Waals surface area (Å²) >= 11 is 0. The van der Waals surface area contributed by atoms with Crippen LogP contribution in [-0.4, -0.2) is 24.1 Å². The summed E-state index contributed by atoms with van der Waals surface area (Å²) in [5.41, 5.74) is -0.0503. The molecule has 0 aliphatic carbocycles. The van der Waals surface area contributed by atoms with Crippen molar-refractivity contribution in [1.82, 2.24) is 5.32 Å². The summed E-state index contributed by atoms with van der Waals surface area (Å²) in [5, 5.41) is 11.9. The summed E-state index contributed by atoms with van der Waals surface area (Å²) in [5.74, 6) is -0.714. The van der Waals surface area contributed by atoms with Gasteiger partial charge in [0.15, 0.2) is 6.04 Å². The maximum atomic E-state index is 12.0. The summed E-state index contributed by atoms with van der Waals surface area (Å²) in [6, 6.07) is 5.17. The summed E-state index contributed by atoms with van der Waals surface area (Å²) in [6.07, 6.45) is 0. The first-order chi connectivity index (χ1) is 8.75. The first-order valence-corrected chi connectivity index (χ1v) is 5.93. The van der Waals surface area contributed by atoms with Gasteiger partial charge in [-0.25, -0.2) is 4.79 Å². The molecule has 5 nitrogen and oxygen atoms in total. The first-order valence-electron chi connectivity index (χ1n) is 5.93. The molecule has 0 saturated carbocycles. The molecule has 2 N–H and O–H groups in total. The summed E-state index contributed by atoms with van der Waals surface area (Å²) < 4.78 is 4.69. The van der Waals surface area contributed by atoms with Crippen molar-refractivity contribution in [1.29, 1.82) is 0 Å². The SMILES string of the molecule is COC(=O)[C@@H](NC(=O)C(C)(C)C)c1ccc(O)cc1. The van der Waals surface area contributed by atoms with Crippen molar-refractivity contribution in [2.24, 2.45) is 5.41 Å². The number of hydrogen-bond acceptors (Lipinski definition) is 4. The molecule has 0 bridgehead atoms. The molecule has 1 atom stereocenters. The molecule has 0 saturated heterocycles. The number of amides is 1. The van der Waals surface area contributed by atoms with Gasteiger partial charge in [0.1, 0.15) is 5.75 Å². The molecular formula is C14H19NO4. The molecule has 0 aliphatic rings. The van der Waals surface area contributed by atoms with Crippen LogP contribution in [0.1, 0.15) is 32.4 Å². The van der Waals surface area contributed by atoms with E-state index in [1.165, 1.54) is 19.2 Å². The molecule has 0 radical (unpaired) electrons. The van der Waals surface area contributed by atoms with Gasteiger partial charge in [-0.3, -0.25) is 4.79 Å². The molecule has 1 amide bonds. The maximum Gasteiger partial charge on any atom is 0.333 e. The highest BCUT2D eigenvalue weighted by Gasteiger charge is 2.29. The van der Waals surface area contributed by atoms with Crippen LogP contribution in [0, 0.1) is 5.41 Å². The number of phenolic OH excluding ortho intramolecular Hbond substituents is 1. The number of phenols is 1. The van der Waals surface area contributed by atoms with Gasteiger partial charge in [0, 0.05) is 5.41 Å². The predicted molar refractivity (Wildman–Crippen MR) is 70.5 cm³/mol. The van der Waals surface area contributed by atoms with Gasteiger partial charge in [-0.05, 0) is 17.7 Å². The van der Waals surface area contributed by atoms with Gasteiger partial charge in [0.05, 0.1) is 7.11 Å². The van der Waals surface area contributed by atoms with E-state index >= 15 is 0 Å². The minimum absolute atomic E-state index is 0.0921. The van der Waals surface area contributed by atoms with E-state index in [4.69, 9.17) is 4.74 Å². The Kier molecular flexibility index (Phi) is 4.53. The van der Waals surface area contributed by atoms with Crippen LogP contribution in [0.5, 0.6) is 5.75 Å². The molecule has 0 aromatic heterocycles. The number of esters is 1. The zero-order valence-electron chi connectivity index (χ0n) is 11.6. The lowest BCUT2D eigenvalue weighted by Crippen LogP contribution is -2.40. The van der Waals surface area contributed by atoms with Crippen LogP contribution < -0.4 is 5.32 Å². The topological polar surface area (TPSA) is 75.6 Å². The first kappa shape index (κ1) is 15.0. The van der Waals surface area contributed by atoms with Gasteiger partial charge in [0.25, 0.3) is 0 Å². The van der Waals surface area contributed by atoms with Crippen LogP contribution in [0.15, 0.2) is 24.3 Å². The van der Waals surface area contributed by atoms with Crippen molar-refractivity contribution in [3.05, 3.63) is 29.8 Å². The van der Waals surface area contributed by atoms with Crippen LogP contribution >= 0.6 is 0 Å². The molecule has 0 spiro atoms. The molecule has 1 aromatic carbocycles. The van der Waals surface area contributed by atoms with Crippen molar-refractivity contribution in [2.45, 2.75) is 26.8 Å². The smallest absolute Gasteiger partial charge is 0.333 e. The number of methoxy groups -OCH3 is 1. The van der Waals surface area contributed by atoms with Crippen LogP contribution in [0.3, 0.4) is 0 Å². The van der Waals surface area contributed by atoms with Crippen molar-refractivity contribution in [2.75, 3.05) is 7.11 Å². The Morgan fingerprint density at radius 1 is 1.21 bits per heavy atom. The lowest BCUT2D eigenvalue weighted by molar-refractivity contribution is -0.146. The fourth-order valence-corrected chi connectivity index (χ4v) is 1.41. The molecule has 0 fully saturated rings. The molecule has 1 rings (SSSR count). The highest BCUT2D eigenvalue weighted by Crippen LogP contribution is 2.21. The molecule has 0 aliphatic heterocycles. The number of rotatable bonds is 3. The fourth-order valence-electron chi connectivity index (χ4n) is 1.41. The lowest BCUT2D eigenvalue weighted by Gasteiger charge is -2.23. The van der Waals surface area contributed by atoms with Crippen LogP contribution in [0.4, 0.5) is 0 Å². The Hall–Kier alpha value is -2.04. The number of benzene rings is 1. The molecule has 5 heteroatoms. The standard InChI is InChI=1S/C14H19NO4/c1-14(2,3)13(18)15-11(12(17)19-4)9-5-7-10(16)8-6-9/h5-8,11,16H,1-4H3,(H,15,18)/t11-/m0/s1. The van der Waals surface area contributed by atoms with Crippen molar-refractivity contribution in [3.8, 4) is 5.75 Å². The van der Waals surface area contributed by atoms with E-state index in [1.807, 2.05) is 0 Å². The van der Waals surface area contributed by atoms with Crippen LogP contribution in [0.25, 0.3) is 0 Å². The van der Waals surface area contributed by atoms with E-state index in [1.54, 1.807) is 32.9 Å². The zero-order valence-corrected chi connectivity index (χ0v) is 11.6. The number of carbonyl (C=O) groups is 2. The number of carbonyl (C=O) groups excluding carboxylic acids is 2. The highest BCUT2D eigenvalue weighted by atomic mass is 16.5. The van der Waals surface area contributed by atoms with Crippen LogP contribution in [0.2, 0.25) is 0 Å². The van der Waals surface area contributed by atoms with Gasteiger partial charge in [-0.1, -0.05) is 32.9 Å². The average molecular weight is 265 g/mol. The maximum absolute atomic E-state index is 12.0. The van der Waals surface area contributed by atoms with E-state index in [-0.39, 0.29) is 11.7 Å². The zero-order chi connectivity index (χ0) is 14.6. The quantitative estimate of drug-likeness (QED) is 0.817. The Balaban J connectivity index is 2.99. The normalized spacial score (nSPS) is 12.6. The second-order valence-corrected chi connectivity index (χ2v) is 5.27. The Morgan fingerprint density at radius 3 is 2.16 bits per heavy atom.